The fourth-order valence-electron chi connectivity index (χ4n) is 1.67. The lowest BCUT2D eigenvalue weighted by Gasteiger charge is -2.13. The van der Waals surface area contributed by atoms with E-state index in [9.17, 15) is 0 Å². The van der Waals surface area contributed by atoms with Gasteiger partial charge in [0.15, 0.2) is 5.84 Å². The Morgan fingerprint density at radius 2 is 2.00 bits per heavy atom. The molecule has 1 aromatic heterocycles. The van der Waals surface area contributed by atoms with Gasteiger partial charge in [0.1, 0.15) is 5.75 Å². The van der Waals surface area contributed by atoms with Crippen LogP contribution in [0.3, 0.4) is 0 Å². The molecule has 0 saturated carbocycles. The SMILES string of the molecule is Cc1nnc(Oc2ccc(Br)cc2Br)c(C(N)=NO)c1C. The molecule has 6 nitrogen and oxygen atoms in total. The van der Waals surface area contributed by atoms with Crippen molar-refractivity contribution < 1.29 is 9.94 Å². The lowest BCUT2D eigenvalue weighted by Crippen LogP contribution is -2.18. The Kier molecular flexibility index (Phi) is 4.79. The molecular formula is C13H12Br2N4O2. The smallest absolute Gasteiger partial charge is 0.250 e. The van der Waals surface area contributed by atoms with Gasteiger partial charge in [0.05, 0.1) is 15.7 Å². The summed E-state index contributed by atoms with van der Waals surface area (Å²) >= 11 is 6.77. The first-order valence-electron chi connectivity index (χ1n) is 5.88. The van der Waals surface area contributed by atoms with Crippen molar-refractivity contribution >= 4 is 37.7 Å². The largest absolute Gasteiger partial charge is 0.436 e. The molecule has 0 saturated heterocycles. The molecule has 0 fully saturated rings. The summed E-state index contributed by atoms with van der Waals surface area (Å²) in [6.45, 7) is 3.59. The van der Waals surface area contributed by atoms with Crippen LogP contribution in [0.2, 0.25) is 0 Å². The molecule has 0 radical (unpaired) electrons. The number of aromatic nitrogens is 2. The van der Waals surface area contributed by atoms with Crippen molar-refractivity contribution in [3.05, 3.63) is 44.0 Å². The highest BCUT2D eigenvalue weighted by atomic mass is 79.9. The second kappa shape index (κ2) is 6.40. The molecule has 0 aliphatic heterocycles. The number of hydrogen-bond acceptors (Lipinski definition) is 5. The number of halogens is 2. The zero-order valence-corrected chi connectivity index (χ0v) is 14.4. The van der Waals surface area contributed by atoms with E-state index < -0.39 is 0 Å². The van der Waals surface area contributed by atoms with Crippen LogP contribution in [0.4, 0.5) is 0 Å². The van der Waals surface area contributed by atoms with Gasteiger partial charge in [-0.1, -0.05) is 21.1 Å². The van der Waals surface area contributed by atoms with E-state index in [4.69, 9.17) is 15.7 Å². The minimum atomic E-state index is -0.0752. The molecule has 1 aromatic carbocycles. The molecule has 2 aromatic rings. The molecule has 8 heteroatoms. The van der Waals surface area contributed by atoms with E-state index in [-0.39, 0.29) is 11.7 Å². The maximum Gasteiger partial charge on any atom is 0.250 e. The maximum absolute atomic E-state index is 8.93. The topological polar surface area (TPSA) is 93.6 Å². The van der Waals surface area contributed by atoms with Crippen LogP contribution in [0, 0.1) is 13.8 Å². The Labute approximate surface area is 138 Å². The number of rotatable bonds is 3. The standard InChI is InChI=1S/C13H12Br2N4O2/c1-6-7(2)17-18-13(11(6)12(16)19-20)21-10-4-3-8(14)5-9(10)15/h3-5,20H,1-2H3,(H2,16,19). The number of aryl methyl sites for hydroxylation is 1. The first-order chi connectivity index (χ1) is 9.93. The molecule has 2 rings (SSSR count). The zero-order valence-electron chi connectivity index (χ0n) is 11.3. The van der Waals surface area contributed by atoms with Crippen molar-refractivity contribution in [2.45, 2.75) is 13.8 Å². The van der Waals surface area contributed by atoms with Crippen molar-refractivity contribution in [3.63, 3.8) is 0 Å². The highest BCUT2D eigenvalue weighted by Gasteiger charge is 2.18. The van der Waals surface area contributed by atoms with E-state index in [1.807, 2.05) is 12.1 Å². The summed E-state index contributed by atoms with van der Waals surface area (Å²) in [5.41, 5.74) is 7.55. The summed E-state index contributed by atoms with van der Waals surface area (Å²) in [7, 11) is 0. The summed E-state index contributed by atoms with van der Waals surface area (Å²) in [6, 6.07) is 5.44. The van der Waals surface area contributed by atoms with Crippen molar-refractivity contribution in [3.8, 4) is 11.6 Å². The molecule has 0 aliphatic rings. The quantitative estimate of drug-likeness (QED) is 0.346. The number of benzene rings is 1. The van der Waals surface area contributed by atoms with Crippen LogP contribution in [0.15, 0.2) is 32.3 Å². The average molecular weight is 416 g/mol. The minimum absolute atomic E-state index is 0.0752. The van der Waals surface area contributed by atoms with Crippen LogP contribution in [-0.2, 0) is 0 Å². The predicted molar refractivity (Wildman–Crippen MR) is 85.9 cm³/mol. The van der Waals surface area contributed by atoms with Crippen LogP contribution in [-0.4, -0.2) is 21.2 Å². The summed E-state index contributed by atoms with van der Waals surface area (Å²) in [4.78, 5) is 0. The Hall–Kier alpha value is -1.67. The van der Waals surface area contributed by atoms with Gasteiger partial charge in [0, 0.05) is 4.47 Å². The van der Waals surface area contributed by atoms with Gasteiger partial charge >= 0.3 is 0 Å². The van der Waals surface area contributed by atoms with Gasteiger partial charge in [-0.15, -0.1) is 5.10 Å². The summed E-state index contributed by atoms with van der Waals surface area (Å²) in [5, 5.41) is 20.0. The Balaban J connectivity index is 2.52. The number of hydrogen-bond donors (Lipinski definition) is 2. The Morgan fingerprint density at radius 1 is 1.29 bits per heavy atom. The van der Waals surface area contributed by atoms with Gasteiger partial charge in [-0.3, -0.25) is 0 Å². The normalized spacial score (nSPS) is 11.5. The van der Waals surface area contributed by atoms with E-state index in [1.54, 1.807) is 19.9 Å². The predicted octanol–water partition coefficient (Wildman–Crippen LogP) is 3.51. The van der Waals surface area contributed by atoms with E-state index in [0.29, 0.717) is 17.0 Å². The number of amidine groups is 1. The van der Waals surface area contributed by atoms with Crippen molar-refractivity contribution in [2.75, 3.05) is 0 Å². The fourth-order valence-corrected chi connectivity index (χ4v) is 2.80. The van der Waals surface area contributed by atoms with Gasteiger partial charge in [-0.05, 0) is 53.5 Å². The van der Waals surface area contributed by atoms with Gasteiger partial charge in [0.25, 0.3) is 0 Å². The van der Waals surface area contributed by atoms with Gasteiger partial charge in [-0.2, -0.15) is 5.10 Å². The van der Waals surface area contributed by atoms with Crippen molar-refractivity contribution in [2.24, 2.45) is 10.9 Å². The van der Waals surface area contributed by atoms with E-state index >= 15 is 0 Å². The van der Waals surface area contributed by atoms with Crippen LogP contribution in [0.25, 0.3) is 0 Å². The minimum Gasteiger partial charge on any atom is -0.436 e. The van der Waals surface area contributed by atoms with E-state index in [2.05, 4.69) is 47.2 Å². The van der Waals surface area contributed by atoms with Crippen molar-refractivity contribution in [1.82, 2.24) is 10.2 Å². The number of oxime groups is 1. The molecular weight excluding hydrogens is 404 g/mol. The third-order valence-corrected chi connectivity index (χ3v) is 4.00. The van der Waals surface area contributed by atoms with Crippen LogP contribution < -0.4 is 10.5 Å². The second-order valence-electron chi connectivity index (χ2n) is 4.25. The first kappa shape index (κ1) is 15.7. The van der Waals surface area contributed by atoms with Crippen LogP contribution >= 0.6 is 31.9 Å². The lowest BCUT2D eigenvalue weighted by molar-refractivity contribution is 0.318. The summed E-state index contributed by atoms with van der Waals surface area (Å²) in [5.74, 6) is 0.646. The first-order valence-corrected chi connectivity index (χ1v) is 7.47. The highest BCUT2D eigenvalue weighted by Crippen LogP contribution is 2.33. The van der Waals surface area contributed by atoms with Crippen molar-refractivity contribution in [1.29, 1.82) is 0 Å². The van der Waals surface area contributed by atoms with E-state index in [1.165, 1.54) is 0 Å². The molecule has 0 atom stereocenters. The van der Waals surface area contributed by atoms with E-state index in [0.717, 1.165) is 14.5 Å². The van der Waals surface area contributed by atoms with Gasteiger partial charge < -0.3 is 15.7 Å². The van der Waals surface area contributed by atoms with Gasteiger partial charge in [-0.25, -0.2) is 0 Å². The number of nitrogens with zero attached hydrogens (tertiary/aromatic N) is 3. The van der Waals surface area contributed by atoms with Gasteiger partial charge in [0.2, 0.25) is 5.88 Å². The molecule has 0 unspecified atom stereocenters. The molecule has 0 amide bonds. The Bertz CT molecular complexity index is 720. The molecule has 0 bridgehead atoms. The second-order valence-corrected chi connectivity index (χ2v) is 6.02. The monoisotopic (exact) mass is 414 g/mol. The number of nitrogens with two attached hydrogens (primary N) is 1. The highest BCUT2D eigenvalue weighted by molar-refractivity contribution is 9.11. The van der Waals surface area contributed by atoms with Crippen LogP contribution in [0.5, 0.6) is 11.6 Å². The molecule has 110 valence electrons. The third-order valence-electron chi connectivity index (χ3n) is 2.89. The molecule has 21 heavy (non-hydrogen) atoms. The maximum atomic E-state index is 8.93. The molecule has 1 heterocycles. The molecule has 0 aliphatic carbocycles. The number of ether oxygens (including phenoxy) is 1. The summed E-state index contributed by atoms with van der Waals surface area (Å²) < 4.78 is 7.39. The fraction of sp³-hybridized carbons (Fsp3) is 0.154. The average Bonchev–Trinajstić information content (AvgIpc) is 2.45. The summed E-state index contributed by atoms with van der Waals surface area (Å²) in [6.07, 6.45) is 0. The Morgan fingerprint density at radius 3 is 2.62 bits per heavy atom. The molecule has 0 spiro atoms. The lowest BCUT2D eigenvalue weighted by atomic mass is 10.1. The zero-order chi connectivity index (χ0) is 15.6. The third kappa shape index (κ3) is 3.33. The van der Waals surface area contributed by atoms with Crippen LogP contribution in [0.1, 0.15) is 16.8 Å². The molecule has 3 N–H and O–H groups in total.